The maximum atomic E-state index is 11.5. The van der Waals surface area contributed by atoms with E-state index in [1.807, 2.05) is 0 Å². The number of nitrogens with one attached hydrogen (secondary N) is 2. The third kappa shape index (κ3) is 23.4. The van der Waals surface area contributed by atoms with E-state index in [9.17, 15) is 9.59 Å². The van der Waals surface area contributed by atoms with E-state index in [-0.39, 0.29) is 48.5 Å². The van der Waals surface area contributed by atoms with Crippen LogP contribution < -0.4 is 11.1 Å². The van der Waals surface area contributed by atoms with Gasteiger partial charge in [-0.05, 0) is 6.42 Å². The van der Waals surface area contributed by atoms with Gasteiger partial charge in [0.1, 0.15) is 6.54 Å². The molecule has 0 amide bonds. The van der Waals surface area contributed by atoms with Gasteiger partial charge in [0, 0.05) is 6.42 Å². The summed E-state index contributed by atoms with van der Waals surface area (Å²) in [5, 5.41) is 9.23. The molecule has 0 aliphatic heterocycles. The summed E-state index contributed by atoms with van der Waals surface area (Å²) < 4.78 is 4.63. The number of rotatable bonds is 18. The molecule has 0 bridgehead atoms. The number of guanidine groups is 1. The summed E-state index contributed by atoms with van der Waals surface area (Å²) in [7, 11) is 0. The van der Waals surface area contributed by atoms with Crippen LogP contribution >= 0.6 is 0 Å². The topological polar surface area (TPSA) is 105 Å². The van der Waals surface area contributed by atoms with Gasteiger partial charge < -0.3 is 15.8 Å². The average molecular weight is 408 g/mol. The number of nitrogens with two attached hydrogens (primary N) is 1. The Morgan fingerprint density at radius 3 is 1.54 bits per heavy atom. The first-order valence-corrected chi connectivity index (χ1v) is 10.9. The maximum absolute atomic E-state index is 11.5. The molecule has 0 aliphatic carbocycles. The Labute approximate surface area is 193 Å². The van der Waals surface area contributed by atoms with Gasteiger partial charge in [-0.3, -0.25) is 10.2 Å². The molecule has 0 aromatic heterocycles. The molecule has 28 heavy (non-hydrogen) atoms. The van der Waals surface area contributed by atoms with Gasteiger partial charge in [-0.1, -0.05) is 96.8 Å². The Hall–Kier alpha value is -0.590. The molecule has 0 spiro atoms. The van der Waals surface area contributed by atoms with Gasteiger partial charge in [0.15, 0.2) is 5.96 Å². The normalized spacial score (nSPS) is 10.2. The summed E-state index contributed by atoms with van der Waals surface area (Å²) in [4.78, 5) is 22.7. The van der Waals surface area contributed by atoms with E-state index >= 15 is 0 Å². The first-order chi connectivity index (χ1) is 13.1. The second-order valence-electron chi connectivity index (χ2n) is 7.31. The van der Waals surface area contributed by atoms with Crippen LogP contribution in [0.2, 0.25) is 0 Å². The van der Waals surface area contributed by atoms with Gasteiger partial charge in [0.2, 0.25) is 0 Å². The van der Waals surface area contributed by atoms with Crippen LogP contribution in [0.1, 0.15) is 110 Å². The predicted octanol–water partition coefficient (Wildman–Crippen LogP) is 4.15. The monoisotopic (exact) mass is 407 g/mol. The first kappa shape index (κ1) is 29.6. The van der Waals surface area contributed by atoms with Crippen molar-refractivity contribution in [3.8, 4) is 0 Å². The van der Waals surface area contributed by atoms with Crippen molar-refractivity contribution in [1.29, 1.82) is 5.41 Å². The molecule has 0 saturated carbocycles. The van der Waals surface area contributed by atoms with E-state index < -0.39 is 11.9 Å². The van der Waals surface area contributed by atoms with Crippen molar-refractivity contribution in [2.45, 2.75) is 110 Å². The molecule has 0 fully saturated rings. The fourth-order valence-electron chi connectivity index (χ4n) is 3.02. The molecule has 0 aliphatic rings. The van der Waals surface area contributed by atoms with Crippen molar-refractivity contribution in [3.63, 3.8) is 0 Å². The van der Waals surface area contributed by atoms with Gasteiger partial charge in [-0.2, -0.15) is 0 Å². The van der Waals surface area contributed by atoms with Crippen molar-refractivity contribution in [3.05, 3.63) is 0 Å². The van der Waals surface area contributed by atoms with E-state index in [1.54, 1.807) is 0 Å². The van der Waals surface area contributed by atoms with E-state index in [0.29, 0.717) is 0 Å². The van der Waals surface area contributed by atoms with E-state index in [2.05, 4.69) is 17.0 Å². The van der Waals surface area contributed by atoms with Gasteiger partial charge >= 0.3 is 41.5 Å². The number of ether oxygens (including phenoxy) is 1. The zero-order valence-electron chi connectivity index (χ0n) is 17.3. The molecule has 0 aromatic rings. The number of hydrogen-bond donors (Lipinski definition) is 3. The van der Waals surface area contributed by atoms with Crippen LogP contribution in [0.3, 0.4) is 0 Å². The fraction of sp³-hybridized carbons (Fsp3) is 0.857. The van der Waals surface area contributed by atoms with Crippen molar-refractivity contribution < 1.29 is 14.3 Å². The molecule has 0 saturated heterocycles. The summed E-state index contributed by atoms with van der Waals surface area (Å²) in [6.45, 7) is 2.01. The van der Waals surface area contributed by atoms with Crippen molar-refractivity contribution in [2.24, 2.45) is 5.73 Å². The number of carbonyl (C=O) groups excluding carboxylic acids is 2. The first-order valence-electron chi connectivity index (χ1n) is 10.9. The minimum atomic E-state index is -0.698. The molecule has 7 heteroatoms. The number of hydrogen-bond acceptors (Lipinski definition) is 4. The van der Waals surface area contributed by atoms with Crippen LogP contribution in [0, 0.1) is 5.41 Å². The van der Waals surface area contributed by atoms with Gasteiger partial charge in [-0.15, -0.1) is 0 Å². The van der Waals surface area contributed by atoms with Gasteiger partial charge in [0.05, 0.1) is 0 Å². The Morgan fingerprint density at radius 2 is 1.14 bits per heavy atom. The minimum absolute atomic E-state index is 0. The van der Waals surface area contributed by atoms with Crippen LogP contribution in [0.4, 0.5) is 0 Å². The number of unbranched alkanes of at least 4 members (excludes halogenated alkanes) is 14. The van der Waals surface area contributed by atoms with Crippen LogP contribution in [-0.2, 0) is 14.3 Å². The molecule has 4 N–H and O–H groups in total. The van der Waals surface area contributed by atoms with E-state index in [1.165, 1.54) is 77.0 Å². The van der Waals surface area contributed by atoms with Gasteiger partial charge in [-0.25, -0.2) is 4.79 Å². The molecule has 160 valence electrons. The van der Waals surface area contributed by atoms with Crippen LogP contribution in [-0.4, -0.2) is 54.0 Å². The Kier molecular flexibility index (Phi) is 24.0. The number of carbonyl (C=O) groups is 2. The molecular formula is C21H42N3NaO3. The molecular weight excluding hydrogens is 365 g/mol. The second kappa shape index (κ2) is 22.7. The SMILES string of the molecule is CCCCCCCCCCCCCCCCCC(=O)OC(=O)CNC(=N)N.[NaH]. The Morgan fingerprint density at radius 1 is 0.750 bits per heavy atom. The zero-order chi connectivity index (χ0) is 20.2. The summed E-state index contributed by atoms with van der Waals surface area (Å²) in [6.07, 6.45) is 19.4. The third-order valence-corrected chi connectivity index (χ3v) is 4.64. The quantitative estimate of drug-likeness (QED) is 0.0790. The predicted molar refractivity (Wildman–Crippen MR) is 118 cm³/mol. The Bertz CT molecular complexity index is 406. The molecule has 0 heterocycles. The Balaban J connectivity index is 0. The van der Waals surface area contributed by atoms with E-state index in [0.717, 1.165) is 19.3 Å². The molecule has 6 nitrogen and oxygen atoms in total. The fourth-order valence-corrected chi connectivity index (χ4v) is 3.02. The molecule has 0 aromatic carbocycles. The number of esters is 2. The zero-order valence-corrected chi connectivity index (χ0v) is 17.3. The van der Waals surface area contributed by atoms with Crippen molar-refractivity contribution >= 4 is 47.5 Å². The molecule has 0 rings (SSSR count). The van der Waals surface area contributed by atoms with E-state index in [4.69, 9.17) is 11.1 Å². The molecule has 0 atom stereocenters. The van der Waals surface area contributed by atoms with Crippen molar-refractivity contribution in [2.75, 3.05) is 6.54 Å². The van der Waals surface area contributed by atoms with Gasteiger partial charge in [0.25, 0.3) is 0 Å². The second-order valence-corrected chi connectivity index (χ2v) is 7.31. The third-order valence-electron chi connectivity index (χ3n) is 4.64. The summed E-state index contributed by atoms with van der Waals surface area (Å²) in [5.74, 6) is -1.52. The molecule has 0 unspecified atom stereocenters. The van der Waals surface area contributed by atoms with Crippen LogP contribution in [0.25, 0.3) is 0 Å². The molecule has 0 radical (unpaired) electrons. The summed E-state index contributed by atoms with van der Waals surface area (Å²) in [5.41, 5.74) is 5.05. The van der Waals surface area contributed by atoms with Crippen LogP contribution in [0.15, 0.2) is 0 Å². The standard InChI is InChI=1S/C21H41N3O3.Na.H/c1-2-3-4-5-6-7-8-9-10-11-12-13-14-15-16-17-19(25)27-20(26)18-24-21(22)23;;/h2-18H2,1H3,(H4,22,23,24);;. The van der Waals surface area contributed by atoms with Crippen molar-refractivity contribution in [1.82, 2.24) is 5.32 Å². The average Bonchev–Trinajstić information content (AvgIpc) is 2.63. The summed E-state index contributed by atoms with van der Waals surface area (Å²) >= 11 is 0. The summed E-state index contributed by atoms with van der Waals surface area (Å²) in [6, 6.07) is 0. The van der Waals surface area contributed by atoms with Crippen LogP contribution in [0.5, 0.6) is 0 Å².